The van der Waals surface area contributed by atoms with Crippen molar-refractivity contribution in [2.75, 3.05) is 6.54 Å². The monoisotopic (exact) mass is 388 g/mol. The van der Waals surface area contributed by atoms with Crippen LogP contribution in [-0.2, 0) is 0 Å². The average molecular weight is 390 g/mol. The molecule has 2 unspecified atom stereocenters. The first-order valence-corrected chi connectivity index (χ1v) is 8.10. The molecule has 1 aliphatic rings. The number of hydrogen-bond donors (Lipinski definition) is 1. The van der Waals surface area contributed by atoms with Gasteiger partial charge < -0.3 is 10.6 Å². The number of halogens is 2. The second-order valence-electron chi connectivity index (χ2n) is 5.08. The first-order chi connectivity index (χ1) is 8.99. The van der Waals surface area contributed by atoms with Gasteiger partial charge in [-0.3, -0.25) is 4.79 Å². The van der Waals surface area contributed by atoms with Crippen molar-refractivity contribution in [3.8, 4) is 0 Å². The van der Waals surface area contributed by atoms with E-state index >= 15 is 0 Å². The summed E-state index contributed by atoms with van der Waals surface area (Å²) in [6.45, 7) is 2.78. The normalized spacial score (nSPS) is 21.3. The van der Waals surface area contributed by atoms with Gasteiger partial charge in [0.15, 0.2) is 0 Å². The molecule has 1 aromatic carbocycles. The average Bonchev–Trinajstić information content (AvgIpc) is 2.36. The summed E-state index contributed by atoms with van der Waals surface area (Å²) in [6, 6.07) is 5.81. The first kappa shape index (κ1) is 15.0. The maximum atomic E-state index is 12.6. The molecule has 104 valence electrons. The molecule has 0 spiro atoms. The van der Waals surface area contributed by atoms with Gasteiger partial charge in [0.05, 0.1) is 0 Å². The number of hydrogen-bond acceptors (Lipinski definition) is 2. The molecule has 1 aliphatic heterocycles. The highest BCUT2D eigenvalue weighted by molar-refractivity contribution is 9.11. The van der Waals surface area contributed by atoms with E-state index in [1.807, 2.05) is 30.0 Å². The molecule has 2 rings (SSSR count). The van der Waals surface area contributed by atoms with Crippen LogP contribution in [0.5, 0.6) is 0 Å². The van der Waals surface area contributed by atoms with Crippen LogP contribution in [0.3, 0.4) is 0 Å². The van der Waals surface area contributed by atoms with Gasteiger partial charge in [0, 0.05) is 33.1 Å². The standard InChI is InChI=1S/C14H18Br2N2O/c1-9(17)13-4-2-3-5-18(13)14(19)10-6-11(15)8-12(16)7-10/h6-9,13H,2-5,17H2,1H3. The molecule has 1 amide bonds. The van der Waals surface area contributed by atoms with Crippen molar-refractivity contribution in [1.82, 2.24) is 4.90 Å². The fraction of sp³-hybridized carbons (Fsp3) is 0.500. The van der Waals surface area contributed by atoms with Crippen LogP contribution in [0, 0.1) is 0 Å². The second-order valence-corrected chi connectivity index (χ2v) is 6.91. The van der Waals surface area contributed by atoms with E-state index < -0.39 is 0 Å². The van der Waals surface area contributed by atoms with E-state index in [9.17, 15) is 4.79 Å². The van der Waals surface area contributed by atoms with E-state index in [2.05, 4.69) is 31.9 Å². The summed E-state index contributed by atoms with van der Waals surface area (Å²) in [5.74, 6) is 0.0731. The summed E-state index contributed by atoms with van der Waals surface area (Å²) >= 11 is 6.85. The summed E-state index contributed by atoms with van der Waals surface area (Å²) in [7, 11) is 0. The van der Waals surface area contributed by atoms with E-state index in [1.54, 1.807) is 0 Å². The van der Waals surface area contributed by atoms with Crippen molar-refractivity contribution >= 4 is 37.8 Å². The Kier molecular flexibility index (Phi) is 5.03. The molecule has 0 radical (unpaired) electrons. The Balaban J connectivity index is 2.26. The van der Waals surface area contributed by atoms with Crippen LogP contribution in [0.1, 0.15) is 36.5 Å². The van der Waals surface area contributed by atoms with Crippen LogP contribution >= 0.6 is 31.9 Å². The molecule has 0 bridgehead atoms. The Morgan fingerprint density at radius 1 is 1.32 bits per heavy atom. The number of likely N-dealkylation sites (tertiary alicyclic amines) is 1. The van der Waals surface area contributed by atoms with Crippen molar-refractivity contribution < 1.29 is 4.79 Å². The zero-order valence-corrected chi connectivity index (χ0v) is 14.1. The fourth-order valence-electron chi connectivity index (χ4n) is 2.60. The van der Waals surface area contributed by atoms with E-state index in [0.29, 0.717) is 5.56 Å². The highest BCUT2D eigenvalue weighted by atomic mass is 79.9. The molecular weight excluding hydrogens is 372 g/mol. The van der Waals surface area contributed by atoms with Gasteiger partial charge in [-0.2, -0.15) is 0 Å². The lowest BCUT2D eigenvalue weighted by molar-refractivity contribution is 0.0583. The Bertz CT molecular complexity index is 456. The number of benzene rings is 1. The summed E-state index contributed by atoms with van der Waals surface area (Å²) < 4.78 is 1.80. The largest absolute Gasteiger partial charge is 0.334 e. The number of piperidine rings is 1. The predicted octanol–water partition coefficient (Wildman–Crippen LogP) is 3.55. The van der Waals surface area contributed by atoms with Crippen molar-refractivity contribution in [3.63, 3.8) is 0 Å². The smallest absolute Gasteiger partial charge is 0.254 e. The lowest BCUT2D eigenvalue weighted by Crippen LogP contribution is -2.51. The lowest BCUT2D eigenvalue weighted by Gasteiger charge is -2.38. The molecule has 1 heterocycles. The molecule has 1 fully saturated rings. The minimum absolute atomic E-state index is 0.0137. The van der Waals surface area contributed by atoms with Gasteiger partial charge in [0.1, 0.15) is 0 Å². The van der Waals surface area contributed by atoms with Crippen LogP contribution in [-0.4, -0.2) is 29.4 Å². The Morgan fingerprint density at radius 2 is 1.95 bits per heavy atom. The Labute approximate surface area is 130 Å². The van der Waals surface area contributed by atoms with Gasteiger partial charge in [-0.15, -0.1) is 0 Å². The molecule has 2 N–H and O–H groups in total. The minimum Gasteiger partial charge on any atom is -0.334 e. The van der Waals surface area contributed by atoms with Gasteiger partial charge in [0.2, 0.25) is 0 Å². The number of amides is 1. The molecule has 3 nitrogen and oxygen atoms in total. The molecule has 1 saturated heterocycles. The molecule has 0 aromatic heterocycles. The zero-order valence-electron chi connectivity index (χ0n) is 10.9. The van der Waals surface area contributed by atoms with Crippen LogP contribution in [0.15, 0.2) is 27.1 Å². The summed E-state index contributed by atoms with van der Waals surface area (Å²) in [6.07, 6.45) is 3.21. The third kappa shape index (κ3) is 3.58. The Morgan fingerprint density at radius 3 is 2.53 bits per heavy atom. The zero-order chi connectivity index (χ0) is 14.0. The van der Waals surface area contributed by atoms with Crippen molar-refractivity contribution in [2.24, 2.45) is 5.73 Å². The van der Waals surface area contributed by atoms with Crippen molar-refractivity contribution in [1.29, 1.82) is 0 Å². The van der Waals surface area contributed by atoms with E-state index in [-0.39, 0.29) is 18.0 Å². The van der Waals surface area contributed by atoms with Crippen LogP contribution in [0.4, 0.5) is 0 Å². The number of nitrogens with zero attached hydrogens (tertiary/aromatic N) is 1. The van der Waals surface area contributed by atoms with E-state index in [4.69, 9.17) is 5.73 Å². The Hall–Kier alpha value is -0.390. The summed E-state index contributed by atoms with van der Waals surface area (Å²) in [5, 5.41) is 0. The first-order valence-electron chi connectivity index (χ1n) is 6.51. The number of carbonyl (C=O) groups is 1. The van der Waals surface area contributed by atoms with Gasteiger partial charge >= 0.3 is 0 Å². The van der Waals surface area contributed by atoms with Crippen LogP contribution in [0.2, 0.25) is 0 Å². The minimum atomic E-state index is 0.0137. The SMILES string of the molecule is CC(N)C1CCCCN1C(=O)c1cc(Br)cc(Br)c1. The third-order valence-corrected chi connectivity index (χ3v) is 4.44. The van der Waals surface area contributed by atoms with Gasteiger partial charge in [-0.25, -0.2) is 0 Å². The van der Waals surface area contributed by atoms with Crippen molar-refractivity contribution in [3.05, 3.63) is 32.7 Å². The number of nitrogens with two attached hydrogens (primary N) is 1. The third-order valence-electron chi connectivity index (χ3n) is 3.53. The maximum absolute atomic E-state index is 12.6. The highest BCUT2D eigenvalue weighted by Gasteiger charge is 2.29. The van der Waals surface area contributed by atoms with Gasteiger partial charge in [-0.05, 0) is 44.4 Å². The summed E-state index contributed by atoms with van der Waals surface area (Å²) in [4.78, 5) is 14.6. The summed E-state index contributed by atoms with van der Waals surface area (Å²) in [5.41, 5.74) is 6.72. The molecule has 0 aliphatic carbocycles. The molecule has 19 heavy (non-hydrogen) atoms. The van der Waals surface area contributed by atoms with Crippen LogP contribution < -0.4 is 5.73 Å². The molecule has 0 saturated carbocycles. The molecule has 2 atom stereocenters. The lowest BCUT2D eigenvalue weighted by atomic mass is 9.96. The quantitative estimate of drug-likeness (QED) is 0.840. The molecule has 5 heteroatoms. The second kappa shape index (κ2) is 6.37. The molecular formula is C14H18Br2N2O. The number of rotatable bonds is 2. The van der Waals surface area contributed by atoms with Gasteiger partial charge in [-0.1, -0.05) is 31.9 Å². The molecule has 1 aromatic rings. The van der Waals surface area contributed by atoms with E-state index in [1.165, 1.54) is 0 Å². The van der Waals surface area contributed by atoms with Crippen LogP contribution in [0.25, 0.3) is 0 Å². The topological polar surface area (TPSA) is 46.3 Å². The highest BCUT2D eigenvalue weighted by Crippen LogP contribution is 2.25. The van der Waals surface area contributed by atoms with Crippen molar-refractivity contribution in [2.45, 2.75) is 38.3 Å². The van der Waals surface area contributed by atoms with E-state index in [0.717, 1.165) is 34.8 Å². The number of carbonyl (C=O) groups excluding carboxylic acids is 1. The fourth-order valence-corrected chi connectivity index (χ4v) is 3.89. The maximum Gasteiger partial charge on any atom is 0.254 e. The predicted molar refractivity (Wildman–Crippen MR) is 84.2 cm³/mol. The van der Waals surface area contributed by atoms with Gasteiger partial charge in [0.25, 0.3) is 5.91 Å².